The third-order valence-corrected chi connectivity index (χ3v) is 7.05. The molecular weight excluding hydrogens is 342 g/mol. The first-order valence-corrected chi connectivity index (χ1v) is 10.1. The predicted octanol–water partition coefficient (Wildman–Crippen LogP) is 2.61. The first kappa shape index (κ1) is 17.3. The highest BCUT2D eigenvalue weighted by Gasteiger charge is 2.36. The summed E-state index contributed by atoms with van der Waals surface area (Å²) in [5.74, 6) is 1.29. The normalized spacial score (nSPS) is 21.5. The number of allylic oxidation sites excluding steroid dienone is 2. The van der Waals surface area contributed by atoms with E-state index in [1.807, 2.05) is 49.5 Å². The second-order valence-electron chi connectivity index (χ2n) is 5.56. The summed E-state index contributed by atoms with van der Waals surface area (Å²) in [5.41, 5.74) is 2.68. The first-order valence-electron chi connectivity index (χ1n) is 7.81. The quantitative estimate of drug-likeness (QED) is 0.826. The Morgan fingerprint density at radius 2 is 2.21 bits per heavy atom. The summed E-state index contributed by atoms with van der Waals surface area (Å²) in [6.45, 7) is 3.90. The molecule has 0 saturated heterocycles. The molecule has 2 atom stereocenters. The van der Waals surface area contributed by atoms with Crippen LogP contribution < -0.4 is 5.32 Å². The fraction of sp³-hybridized carbons (Fsp3) is 0.353. The molecule has 24 heavy (non-hydrogen) atoms. The number of rotatable bonds is 6. The van der Waals surface area contributed by atoms with Crippen LogP contribution in [0.5, 0.6) is 0 Å². The molecule has 0 saturated carbocycles. The van der Waals surface area contributed by atoms with E-state index in [2.05, 4.69) is 17.2 Å². The molecule has 1 aromatic carbocycles. The summed E-state index contributed by atoms with van der Waals surface area (Å²) in [6.07, 6.45) is 5.89. The van der Waals surface area contributed by atoms with Crippen LogP contribution in [0.4, 0.5) is 0 Å². The van der Waals surface area contributed by atoms with Gasteiger partial charge in [-0.3, -0.25) is 8.78 Å². The van der Waals surface area contributed by atoms with Gasteiger partial charge >= 0.3 is 0 Å². The van der Waals surface area contributed by atoms with Crippen LogP contribution in [0.25, 0.3) is 11.0 Å². The van der Waals surface area contributed by atoms with Crippen molar-refractivity contribution in [2.24, 2.45) is 0 Å². The number of fused-ring (bicyclic) bond motifs is 1. The number of aromatic nitrogens is 2. The molecule has 1 aliphatic heterocycles. The number of nitrogens with zero attached hydrogens (tertiary/aromatic N) is 2. The van der Waals surface area contributed by atoms with Crippen LogP contribution in [0.3, 0.4) is 0 Å². The summed E-state index contributed by atoms with van der Waals surface area (Å²) in [7, 11) is -1.35. The summed E-state index contributed by atoms with van der Waals surface area (Å²) >= 11 is 1.73. The van der Waals surface area contributed by atoms with Gasteiger partial charge in [-0.15, -0.1) is 11.8 Å². The zero-order chi connectivity index (χ0) is 17.2. The van der Waals surface area contributed by atoms with Crippen molar-refractivity contribution in [3.05, 3.63) is 48.2 Å². The summed E-state index contributed by atoms with van der Waals surface area (Å²) in [4.78, 5) is 4.08. The summed E-state index contributed by atoms with van der Waals surface area (Å²) in [5, 5.41) is 13.5. The van der Waals surface area contributed by atoms with Crippen molar-refractivity contribution < 1.29 is 9.32 Å². The van der Waals surface area contributed by atoms with Gasteiger partial charge in [0.15, 0.2) is 0 Å². The molecule has 0 fully saturated rings. The maximum Gasteiger partial charge on any atom is 0.202 e. The minimum absolute atomic E-state index is 0.238. The van der Waals surface area contributed by atoms with E-state index in [-0.39, 0.29) is 6.73 Å². The van der Waals surface area contributed by atoms with Crippen LogP contribution in [-0.4, -0.2) is 35.2 Å². The Bertz CT molecular complexity index is 828. The largest absolute Gasteiger partial charge is 0.376 e. The molecule has 128 valence electrons. The number of hydrogen-bond donors (Lipinski definition) is 2. The van der Waals surface area contributed by atoms with Gasteiger partial charge in [0.2, 0.25) is 5.16 Å². The van der Waals surface area contributed by atoms with E-state index < -0.39 is 15.7 Å². The van der Waals surface area contributed by atoms with Crippen LogP contribution in [0.15, 0.2) is 53.3 Å². The van der Waals surface area contributed by atoms with E-state index >= 15 is 0 Å². The summed E-state index contributed by atoms with van der Waals surface area (Å²) in [6, 6.07) is 7.52. The van der Waals surface area contributed by atoms with E-state index in [0.717, 1.165) is 22.4 Å². The molecule has 0 amide bonds. The molecule has 3 rings (SSSR count). The van der Waals surface area contributed by atoms with Gasteiger partial charge in [0.25, 0.3) is 0 Å². The van der Waals surface area contributed by atoms with E-state index in [1.165, 1.54) is 0 Å². The SMILES string of the molecule is CCSC1(CS(=O)c2nc3ccccc3n2CO)NC=CC=C1C. The molecule has 2 N–H and O–H groups in total. The van der Waals surface area contributed by atoms with Crippen LogP contribution >= 0.6 is 11.8 Å². The molecular formula is C17H21N3O2S2. The highest BCUT2D eigenvalue weighted by atomic mass is 32.2. The highest BCUT2D eigenvalue weighted by molar-refractivity contribution is 8.01. The Morgan fingerprint density at radius 3 is 2.92 bits per heavy atom. The number of nitrogens with one attached hydrogen (secondary N) is 1. The second-order valence-corrected chi connectivity index (χ2v) is 8.46. The van der Waals surface area contributed by atoms with Gasteiger partial charge < -0.3 is 10.4 Å². The van der Waals surface area contributed by atoms with Crippen molar-refractivity contribution >= 4 is 33.6 Å². The smallest absolute Gasteiger partial charge is 0.202 e. The van der Waals surface area contributed by atoms with Crippen molar-refractivity contribution in [3.63, 3.8) is 0 Å². The second kappa shape index (κ2) is 7.13. The minimum atomic E-state index is -1.35. The lowest BCUT2D eigenvalue weighted by atomic mass is 10.1. The van der Waals surface area contributed by atoms with Gasteiger partial charge in [-0.25, -0.2) is 4.98 Å². The van der Waals surface area contributed by atoms with Crippen LogP contribution in [-0.2, 0) is 17.5 Å². The topological polar surface area (TPSA) is 67.2 Å². The molecule has 0 aliphatic carbocycles. The third-order valence-electron chi connectivity index (χ3n) is 4.09. The van der Waals surface area contributed by atoms with Gasteiger partial charge in [0.1, 0.15) is 11.6 Å². The van der Waals surface area contributed by atoms with Gasteiger partial charge in [-0.05, 0) is 42.7 Å². The van der Waals surface area contributed by atoms with Crippen LogP contribution in [0, 0.1) is 0 Å². The first-order chi connectivity index (χ1) is 11.6. The Labute approximate surface area is 148 Å². The Kier molecular flexibility index (Phi) is 5.12. The number of dihydropyridines is 1. The zero-order valence-electron chi connectivity index (χ0n) is 13.7. The van der Waals surface area contributed by atoms with Crippen LogP contribution in [0.1, 0.15) is 13.8 Å². The molecule has 0 spiro atoms. The fourth-order valence-corrected chi connectivity index (χ4v) is 5.84. The number of para-hydroxylation sites is 2. The number of aliphatic hydroxyl groups is 1. The standard InChI is InChI=1S/C17H21N3O2S2/c1-3-23-17(13(2)7-6-10-18-17)11-24(22)16-19-14-8-4-5-9-15(14)20(16)12-21/h4-10,18,21H,3,11-12H2,1-2H3. The lowest BCUT2D eigenvalue weighted by Gasteiger charge is -2.35. The lowest BCUT2D eigenvalue weighted by molar-refractivity contribution is 0.204. The molecule has 1 aromatic heterocycles. The fourth-order valence-electron chi connectivity index (χ4n) is 2.84. The maximum absolute atomic E-state index is 13.1. The summed E-state index contributed by atoms with van der Waals surface area (Å²) < 4.78 is 14.7. The highest BCUT2D eigenvalue weighted by Crippen LogP contribution is 2.34. The van der Waals surface area contributed by atoms with Gasteiger partial charge in [-0.1, -0.05) is 25.1 Å². The molecule has 0 bridgehead atoms. The molecule has 2 unspecified atom stereocenters. The Balaban J connectivity index is 1.97. The van der Waals surface area contributed by atoms with Gasteiger partial charge in [0, 0.05) is 0 Å². The third kappa shape index (κ3) is 3.03. The molecule has 0 radical (unpaired) electrons. The molecule has 7 heteroatoms. The average Bonchev–Trinajstić information content (AvgIpc) is 2.96. The number of thioether (sulfide) groups is 1. The van der Waals surface area contributed by atoms with Gasteiger partial charge in [-0.2, -0.15) is 0 Å². The number of benzene rings is 1. The molecule has 2 aromatic rings. The number of hydrogen-bond acceptors (Lipinski definition) is 5. The monoisotopic (exact) mass is 363 g/mol. The molecule has 1 aliphatic rings. The number of imidazole rings is 1. The Hall–Kier alpha value is -1.57. The maximum atomic E-state index is 13.1. The van der Waals surface area contributed by atoms with Gasteiger partial charge in [0.05, 0.1) is 27.6 Å². The van der Waals surface area contributed by atoms with E-state index in [1.54, 1.807) is 16.3 Å². The van der Waals surface area contributed by atoms with E-state index in [0.29, 0.717) is 10.9 Å². The predicted molar refractivity (Wildman–Crippen MR) is 100 cm³/mol. The van der Waals surface area contributed by atoms with E-state index in [4.69, 9.17) is 0 Å². The molecule has 2 heterocycles. The van der Waals surface area contributed by atoms with Crippen molar-refractivity contribution in [1.82, 2.24) is 14.9 Å². The van der Waals surface area contributed by atoms with Crippen molar-refractivity contribution in [1.29, 1.82) is 0 Å². The molecule has 5 nitrogen and oxygen atoms in total. The van der Waals surface area contributed by atoms with E-state index in [9.17, 15) is 9.32 Å². The van der Waals surface area contributed by atoms with Crippen molar-refractivity contribution in [3.8, 4) is 0 Å². The van der Waals surface area contributed by atoms with Crippen molar-refractivity contribution in [2.75, 3.05) is 11.5 Å². The lowest BCUT2D eigenvalue weighted by Crippen LogP contribution is -2.46. The Morgan fingerprint density at radius 1 is 1.42 bits per heavy atom. The minimum Gasteiger partial charge on any atom is -0.376 e. The van der Waals surface area contributed by atoms with Crippen molar-refractivity contribution in [2.45, 2.75) is 30.6 Å². The van der Waals surface area contributed by atoms with Crippen LogP contribution in [0.2, 0.25) is 0 Å². The zero-order valence-corrected chi connectivity index (χ0v) is 15.4. The number of aliphatic hydroxyl groups excluding tert-OH is 1. The average molecular weight is 364 g/mol.